The molecule has 0 radical (unpaired) electrons. The number of hydrogen-bond donors (Lipinski definition) is 2. The van der Waals surface area contributed by atoms with Crippen molar-refractivity contribution in [1.82, 2.24) is 15.5 Å². The number of rotatable bonds is 2. The Morgan fingerprint density at radius 2 is 2.33 bits per heavy atom. The molecular formula is C8H13N3O. The molecule has 66 valence electrons. The lowest BCUT2D eigenvalue weighted by atomic mass is 10.0. The van der Waals surface area contributed by atoms with Crippen molar-refractivity contribution in [2.75, 3.05) is 7.05 Å². The first kappa shape index (κ1) is 8.77. The van der Waals surface area contributed by atoms with Crippen molar-refractivity contribution < 1.29 is 4.79 Å². The Balaban J connectivity index is 2.99. The molecule has 0 aliphatic rings. The smallest absolute Gasteiger partial charge is 0.269 e. The Bertz CT molecular complexity index is 278. The van der Waals surface area contributed by atoms with Crippen LogP contribution >= 0.6 is 0 Å². The number of aromatic amines is 1. The van der Waals surface area contributed by atoms with Crippen LogP contribution in [-0.4, -0.2) is 23.2 Å². The summed E-state index contributed by atoms with van der Waals surface area (Å²) in [7, 11) is 1.60. The Morgan fingerprint density at radius 1 is 1.67 bits per heavy atom. The van der Waals surface area contributed by atoms with Crippen LogP contribution in [0, 0.1) is 0 Å². The number of aromatic nitrogens is 2. The molecule has 12 heavy (non-hydrogen) atoms. The normalized spacial score (nSPS) is 10.3. The van der Waals surface area contributed by atoms with Crippen molar-refractivity contribution in [2.24, 2.45) is 0 Å². The zero-order valence-corrected chi connectivity index (χ0v) is 7.51. The maximum atomic E-state index is 11.2. The molecule has 0 aliphatic heterocycles. The average molecular weight is 167 g/mol. The van der Waals surface area contributed by atoms with Crippen molar-refractivity contribution in [3.05, 3.63) is 17.5 Å². The number of carbonyl (C=O) groups excluding carboxylic acids is 1. The zero-order chi connectivity index (χ0) is 9.14. The first-order valence-corrected chi connectivity index (χ1v) is 3.92. The Hall–Kier alpha value is -1.32. The summed E-state index contributed by atoms with van der Waals surface area (Å²) in [4.78, 5) is 11.2. The number of hydrogen-bond acceptors (Lipinski definition) is 2. The molecular weight excluding hydrogens is 154 g/mol. The Morgan fingerprint density at radius 3 is 2.83 bits per heavy atom. The molecule has 4 nitrogen and oxygen atoms in total. The monoisotopic (exact) mass is 167 g/mol. The lowest BCUT2D eigenvalue weighted by Gasteiger charge is -2.03. The molecule has 1 aromatic rings. The molecule has 0 fully saturated rings. The van der Waals surface area contributed by atoms with E-state index in [1.165, 1.54) is 0 Å². The quantitative estimate of drug-likeness (QED) is 0.687. The van der Waals surface area contributed by atoms with Crippen LogP contribution in [0.5, 0.6) is 0 Å². The van der Waals surface area contributed by atoms with Crippen LogP contribution < -0.4 is 5.32 Å². The summed E-state index contributed by atoms with van der Waals surface area (Å²) in [5.41, 5.74) is 1.52. The van der Waals surface area contributed by atoms with Gasteiger partial charge in [-0.15, -0.1) is 0 Å². The molecule has 0 unspecified atom stereocenters. The molecule has 1 amide bonds. The summed E-state index contributed by atoms with van der Waals surface area (Å²) >= 11 is 0. The summed E-state index contributed by atoms with van der Waals surface area (Å²) < 4.78 is 0. The first-order valence-electron chi connectivity index (χ1n) is 3.92. The van der Waals surface area contributed by atoms with Gasteiger partial charge in [0, 0.05) is 12.6 Å². The van der Waals surface area contributed by atoms with E-state index in [0.717, 1.165) is 5.56 Å². The van der Waals surface area contributed by atoms with E-state index in [1.54, 1.807) is 13.2 Å². The van der Waals surface area contributed by atoms with Crippen LogP contribution in [0.3, 0.4) is 0 Å². The molecule has 0 saturated heterocycles. The third-order valence-electron chi connectivity index (χ3n) is 1.74. The van der Waals surface area contributed by atoms with Crippen LogP contribution in [0.15, 0.2) is 6.20 Å². The van der Waals surface area contributed by atoms with Gasteiger partial charge in [-0.25, -0.2) is 0 Å². The van der Waals surface area contributed by atoms with Gasteiger partial charge in [0.25, 0.3) is 5.91 Å². The van der Waals surface area contributed by atoms with E-state index in [4.69, 9.17) is 0 Å². The topological polar surface area (TPSA) is 57.8 Å². The van der Waals surface area contributed by atoms with Gasteiger partial charge in [0.15, 0.2) is 0 Å². The van der Waals surface area contributed by atoms with E-state index < -0.39 is 0 Å². The van der Waals surface area contributed by atoms with Gasteiger partial charge < -0.3 is 5.32 Å². The molecule has 4 heteroatoms. The largest absolute Gasteiger partial charge is 0.354 e. The maximum absolute atomic E-state index is 11.2. The average Bonchev–Trinajstić information content (AvgIpc) is 2.50. The van der Waals surface area contributed by atoms with Gasteiger partial charge in [-0.05, 0) is 5.92 Å². The second kappa shape index (κ2) is 3.38. The molecule has 0 atom stereocenters. The Kier molecular flexibility index (Phi) is 2.47. The predicted octanol–water partition coefficient (Wildman–Crippen LogP) is 0.893. The molecule has 0 spiro atoms. The van der Waals surface area contributed by atoms with E-state index in [-0.39, 0.29) is 5.91 Å². The third kappa shape index (κ3) is 1.47. The van der Waals surface area contributed by atoms with Gasteiger partial charge in [-0.2, -0.15) is 5.10 Å². The van der Waals surface area contributed by atoms with Crippen LogP contribution in [0.25, 0.3) is 0 Å². The highest BCUT2D eigenvalue weighted by molar-refractivity contribution is 5.93. The molecule has 1 rings (SSSR count). The molecule has 0 saturated carbocycles. The van der Waals surface area contributed by atoms with Gasteiger partial charge in [0.05, 0.1) is 6.20 Å². The summed E-state index contributed by atoms with van der Waals surface area (Å²) in [6, 6.07) is 0. The fourth-order valence-corrected chi connectivity index (χ4v) is 1.04. The van der Waals surface area contributed by atoms with E-state index >= 15 is 0 Å². The van der Waals surface area contributed by atoms with Crippen LogP contribution in [0.2, 0.25) is 0 Å². The molecule has 2 N–H and O–H groups in total. The van der Waals surface area contributed by atoms with Crippen molar-refractivity contribution in [2.45, 2.75) is 19.8 Å². The second-order valence-corrected chi connectivity index (χ2v) is 2.93. The van der Waals surface area contributed by atoms with E-state index in [2.05, 4.69) is 15.5 Å². The van der Waals surface area contributed by atoms with Gasteiger partial charge in [-0.3, -0.25) is 9.89 Å². The summed E-state index contributed by atoms with van der Waals surface area (Å²) in [5, 5.41) is 9.05. The van der Waals surface area contributed by atoms with Gasteiger partial charge in [0.1, 0.15) is 5.69 Å². The highest BCUT2D eigenvalue weighted by atomic mass is 16.1. The second-order valence-electron chi connectivity index (χ2n) is 2.93. The molecule has 0 aliphatic carbocycles. The Labute approximate surface area is 71.4 Å². The van der Waals surface area contributed by atoms with Crippen molar-refractivity contribution in [3.8, 4) is 0 Å². The standard InChI is InChI=1S/C8H13N3O/c1-5(2)6-4-10-11-7(6)8(12)9-3/h4-5H,1-3H3,(H,9,12)(H,10,11). The van der Waals surface area contributed by atoms with E-state index in [1.807, 2.05) is 13.8 Å². The summed E-state index contributed by atoms with van der Waals surface area (Å²) in [6.07, 6.45) is 1.69. The predicted molar refractivity (Wildman–Crippen MR) is 46.1 cm³/mol. The van der Waals surface area contributed by atoms with Crippen LogP contribution in [-0.2, 0) is 0 Å². The van der Waals surface area contributed by atoms with E-state index in [9.17, 15) is 4.79 Å². The highest BCUT2D eigenvalue weighted by Crippen LogP contribution is 2.16. The minimum absolute atomic E-state index is 0.115. The van der Waals surface area contributed by atoms with Crippen molar-refractivity contribution >= 4 is 5.91 Å². The third-order valence-corrected chi connectivity index (χ3v) is 1.74. The molecule has 1 heterocycles. The zero-order valence-electron chi connectivity index (χ0n) is 7.51. The van der Waals surface area contributed by atoms with Gasteiger partial charge in [-0.1, -0.05) is 13.8 Å². The fourth-order valence-electron chi connectivity index (χ4n) is 1.04. The number of nitrogens with zero attached hydrogens (tertiary/aromatic N) is 1. The number of H-pyrrole nitrogens is 1. The minimum atomic E-state index is -0.115. The highest BCUT2D eigenvalue weighted by Gasteiger charge is 2.13. The number of nitrogens with one attached hydrogen (secondary N) is 2. The van der Waals surface area contributed by atoms with Crippen LogP contribution in [0.4, 0.5) is 0 Å². The molecule has 0 aromatic carbocycles. The molecule has 0 bridgehead atoms. The lowest BCUT2D eigenvalue weighted by Crippen LogP contribution is -2.20. The number of carbonyl (C=O) groups is 1. The van der Waals surface area contributed by atoms with Crippen molar-refractivity contribution in [1.29, 1.82) is 0 Å². The molecule has 1 aromatic heterocycles. The van der Waals surface area contributed by atoms with Crippen molar-refractivity contribution in [3.63, 3.8) is 0 Å². The fraction of sp³-hybridized carbons (Fsp3) is 0.500. The first-order chi connectivity index (χ1) is 5.66. The lowest BCUT2D eigenvalue weighted by molar-refractivity contribution is 0.0957. The van der Waals surface area contributed by atoms with Gasteiger partial charge in [0.2, 0.25) is 0 Å². The SMILES string of the molecule is CNC(=O)c1[nH]ncc1C(C)C. The van der Waals surface area contributed by atoms with Crippen LogP contribution in [0.1, 0.15) is 35.8 Å². The summed E-state index contributed by atoms with van der Waals surface area (Å²) in [5.74, 6) is 0.201. The summed E-state index contributed by atoms with van der Waals surface area (Å²) in [6.45, 7) is 4.05. The van der Waals surface area contributed by atoms with E-state index in [0.29, 0.717) is 11.6 Å². The minimum Gasteiger partial charge on any atom is -0.354 e. The van der Waals surface area contributed by atoms with Gasteiger partial charge >= 0.3 is 0 Å². The number of amides is 1. The maximum Gasteiger partial charge on any atom is 0.269 e.